The molecular weight excluding hydrogens is 342 g/mol. The van der Waals surface area contributed by atoms with Gasteiger partial charge in [-0.05, 0) is 19.1 Å². The molecule has 5 rings (SSSR count). The fourth-order valence-electron chi connectivity index (χ4n) is 3.48. The minimum Gasteiger partial charge on any atom is -0.353 e. The molecule has 1 N–H and O–H groups in total. The van der Waals surface area contributed by atoms with Crippen LogP contribution in [0.15, 0.2) is 47.8 Å². The van der Waals surface area contributed by atoms with Crippen molar-refractivity contribution in [3.8, 4) is 11.3 Å². The number of aryl methyl sites for hydroxylation is 1. The molecule has 0 radical (unpaired) electrons. The van der Waals surface area contributed by atoms with E-state index >= 15 is 0 Å². The van der Waals surface area contributed by atoms with E-state index in [0.717, 1.165) is 48.9 Å². The van der Waals surface area contributed by atoms with E-state index in [9.17, 15) is 4.79 Å². The van der Waals surface area contributed by atoms with Gasteiger partial charge in [0.1, 0.15) is 11.5 Å². The summed E-state index contributed by atoms with van der Waals surface area (Å²) in [5.74, 6) is 0.802. The van der Waals surface area contributed by atoms with Gasteiger partial charge < -0.3 is 14.6 Å². The van der Waals surface area contributed by atoms with Gasteiger partial charge in [0.25, 0.3) is 5.56 Å². The highest BCUT2D eigenvalue weighted by atomic mass is 16.1. The van der Waals surface area contributed by atoms with Gasteiger partial charge in [0.2, 0.25) is 0 Å². The van der Waals surface area contributed by atoms with Gasteiger partial charge in [0.15, 0.2) is 5.65 Å². The van der Waals surface area contributed by atoms with Crippen LogP contribution in [0.1, 0.15) is 5.69 Å². The lowest BCUT2D eigenvalue weighted by molar-refractivity contribution is 0.584. The van der Waals surface area contributed by atoms with Crippen LogP contribution >= 0.6 is 0 Å². The van der Waals surface area contributed by atoms with Crippen molar-refractivity contribution >= 4 is 17.1 Å². The van der Waals surface area contributed by atoms with Crippen molar-refractivity contribution in [3.63, 3.8) is 0 Å². The zero-order valence-corrected chi connectivity index (χ0v) is 15.0. The highest BCUT2D eigenvalue weighted by Crippen LogP contribution is 2.19. The summed E-state index contributed by atoms with van der Waals surface area (Å²) in [4.78, 5) is 28.5. The Morgan fingerprint density at radius 1 is 1.04 bits per heavy atom. The van der Waals surface area contributed by atoms with Gasteiger partial charge in [-0.25, -0.2) is 15.0 Å². The summed E-state index contributed by atoms with van der Waals surface area (Å²) >= 11 is 0. The fourth-order valence-corrected chi connectivity index (χ4v) is 3.48. The van der Waals surface area contributed by atoms with E-state index < -0.39 is 0 Å². The van der Waals surface area contributed by atoms with Crippen LogP contribution < -0.4 is 15.8 Å². The molecule has 8 nitrogen and oxygen atoms in total. The molecule has 0 aliphatic carbocycles. The Morgan fingerprint density at radius 2 is 1.89 bits per heavy atom. The largest absolute Gasteiger partial charge is 0.353 e. The maximum Gasteiger partial charge on any atom is 0.258 e. The Bertz CT molecular complexity index is 1200. The van der Waals surface area contributed by atoms with Crippen molar-refractivity contribution in [1.82, 2.24) is 29.1 Å². The van der Waals surface area contributed by atoms with E-state index in [1.54, 1.807) is 22.9 Å². The zero-order chi connectivity index (χ0) is 18.4. The third-order valence-electron chi connectivity index (χ3n) is 4.84. The molecule has 4 aromatic heterocycles. The zero-order valence-electron chi connectivity index (χ0n) is 15.0. The molecule has 0 amide bonds. The lowest BCUT2D eigenvalue weighted by atomic mass is 10.2. The lowest BCUT2D eigenvalue weighted by Crippen LogP contribution is -2.44. The van der Waals surface area contributed by atoms with Crippen molar-refractivity contribution in [1.29, 1.82) is 0 Å². The van der Waals surface area contributed by atoms with Gasteiger partial charge in [0.05, 0.1) is 23.8 Å². The van der Waals surface area contributed by atoms with E-state index in [1.807, 2.05) is 35.9 Å². The van der Waals surface area contributed by atoms with Crippen LogP contribution in [-0.4, -0.2) is 49.9 Å². The quantitative estimate of drug-likeness (QED) is 0.576. The molecule has 0 spiro atoms. The summed E-state index contributed by atoms with van der Waals surface area (Å²) in [6.07, 6.45) is 7.34. The molecule has 1 aliphatic rings. The Balaban J connectivity index is 1.58. The number of hydrogen-bond donors (Lipinski definition) is 1. The highest BCUT2D eigenvalue weighted by molar-refractivity contribution is 5.63. The van der Waals surface area contributed by atoms with Gasteiger partial charge in [-0.2, -0.15) is 0 Å². The fraction of sp³-hybridized carbons (Fsp3) is 0.263. The predicted octanol–water partition coefficient (Wildman–Crippen LogP) is 1.12. The monoisotopic (exact) mass is 361 g/mol. The van der Waals surface area contributed by atoms with Crippen molar-refractivity contribution in [2.45, 2.75) is 6.92 Å². The first-order chi connectivity index (χ1) is 13.2. The molecule has 4 aromatic rings. The molecule has 0 unspecified atom stereocenters. The highest BCUT2D eigenvalue weighted by Gasteiger charge is 2.13. The molecule has 1 saturated heterocycles. The van der Waals surface area contributed by atoms with Crippen LogP contribution in [0, 0.1) is 6.92 Å². The predicted molar refractivity (Wildman–Crippen MR) is 103 cm³/mol. The summed E-state index contributed by atoms with van der Waals surface area (Å²) in [5, 5.41) is 3.32. The normalized spacial score (nSPS) is 14.9. The summed E-state index contributed by atoms with van der Waals surface area (Å²) in [5.41, 5.74) is 3.74. The molecule has 0 aromatic carbocycles. The smallest absolute Gasteiger partial charge is 0.258 e. The number of imidazole rings is 1. The number of piperazine rings is 1. The van der Waals surface area contributed by atoms with Crippen molar-refractivity contribution < 1.29 is 0 Å². The van der Waals surface area contributed by atoms with E-state index in [-0.39, 0.29) is 5.56 Å². The number of pyridine rings is 1. The molecule has 1 aliphatic heterocycles. The van der Waals surface area contributed by atoms with Crippen LogP contribution in [-0.2, 0) is 0 Å². The van der Waals surface area contributed by atoms with Gasteiger partial charge in [-0.3, -0.25) is 9.20 Å². The van der Waals surface area contributed by atoms with Crippen molar-refractivity contribution in [2.75, 3.05) is 31.1 Å². The topological polar surface area (TPSA) is 79.8 Å². The first kappa shape index (κ1) is 16.0. The third kappa shape index (κ3) is 2.83. The van der Waals surface area contributed by atoms with Gasteiger partial charge in [0, 0.05) is 50.2 Å². The van der Waals surface area contributed by atoms with Crippen molar-refractivity contribution in [2.24, 2.45) is 0 Å². The molecule has 5 heterocycles. The number of rotatable bonds is 2. The second-order valence-corrected chi connectivity index (χ2v) is 6.76. The first-order valence-corrected chi connectivity index (χ1v) is 8.98. The van der Waals surface area contributed by atoms with Crippen LogP contribution in [0.25, 0.3) is 22.6 Å². The molecule has 0 atom stereocenters. The molecule has 0 bridgehead atoms. The molecule has 8 heteroatoms. The van der Waals surface area contributed by atoms with E-state index in [1.165, 1.54) is 0 Å². The average molecular weight is 361 g/mol. The van der Waals surface area contributed by atoms with Crippen molar-refractivity contribution in [3.05, 3.63) is 59.0 Å². The van der Waals surface area contributed by atoms with Crippen LogP contribution in [0.4, 0.5) is 5.82 Å². The minimum absolute atomic E-state index is 0.115. The van der Waals surface area contributed by atoms with E-state index in [0.29, 0.717) is 11.3 Å². The maximum atomic E-state index is 12.7. The summed E-state index contributed by atoms with van der Waals surface area (Å²) < 4.78 is 3.51. The molecule has 1 fully saturated rings. The SMILES string of the molecule is Cc1cn2cc(-c3cc(=O)n4cc(N5CCNCC5)ncc4n3)ccc2n1. The van der Waals surface area contributed by atoms with Gasteiger partial charge in [-0.1, -0.05) is 0 Å². The summed E-state index contributed by atoms with van der Waals surface area (Å²) in [6, 6.07) is 5.43. The molecule has 27 heavy (non-hydrogen) atoms. The van der Waals surface area contributed by atoms with E-state index in [4.69, 9.17) is 0 Å². The Labute approximate surface area is 155 Å². The molecular formula is C19H19N7O. The van der Waals surface area contributed by atoms with Gasteiger partial charge >= 0.3 is 0 Å². The van der Waals surface area contributed by atoms with Gasteiger partial charge in [-0.15, -0.1) is 0 Å². The number of nitrogens with zero attached hydrogens (tertiary/aromatic N) is 6. The number of anilines is 1. The van der Waals surface area contributed by atoms with Crippen LogP contribution in [0.5, 0.6) is 0 Å². The molecule has 0 saturated carbocycles. The van der Waals surface area contributed by atoms with E-state index in [2.05, 4.69) is 25.2 Å². The number of fused-ring (bicyclic) bond motifs is 2. The summed E-state index contributed by atoms with van der Waals surface area (Å²) in [7, 11) is 0. The Kier molecular flexibility index (Phi) is 3.64. The Morgan fingerprint density at radius 3 is 2.74 bits per heavy atom. The van der Waals surface area contributed by atoms with Crippen LogP contribution in [0.3, 0.4) is 0 Å². The number of nitrogens with one attached hydrogen (secondary N) is 1. The minimum atomic E-state index is -0.115. The van der Waals surface area contributed by atoms with Crippen LogP contribution in [0.2, 0.25) is 0 Å². The second kappa shape index (κ2) is 6.17. The third-order valence-corrected chi connectivity index (χ3v) is 4.84. The first-order valence-electron chi connectivity index (χ1n) is 8.98. The number of aromatic nitrogens is 5. The standard InChI is InChI=1S/C19H19N7O/c1-13-10-25-11-14(2-3-16(25)22-13)15-8-19(27)26-12-18(21-9-17(26)23-15)24-6-4-20-5-7-24/h2-3,8-12,20H,4-7H2,1H3. The molecule has 136 valence electrons. The summed E-state index contributed by atoms with van der Waals surface area (Å²) in [6.45, 7) is 5.55. The maximum absolute atomic E-state index is 12.7. The second-order valence-electron chi connectivity index (χ2n) is 6.76. The number of hydrogen-bond acceptors (Lipinski definition) is 6. The lowest BCUT2D eigenvalue weighted by Gasteiger charge is -2.28. The average Bonchev–Trinajstić information content (AvgIpc) is 3.07. The Hall–Kier alpha value is -3.26.